The Balaban J connectivity index is 1.30. The van der Waals surface area contributed by atoms with Crippen LogP contribution in [0.25, 0.3) is 0 Å². The van der Waals surface area contributed by atoms with E-state index >= 15 is 0 Å². The first-order valence-corrected chi connectivity index (χ1v) is 17.4. The van der Waals surface area contributed by atoms with Gasteiger partial charge in [0.15, 0.2) is 6.61 Å². The van der Waals surface area contributed by atoms with Gasteiger partial charge >= 0.3 is 12.2 Å². The van der Waals surface area contributed by atoms with Gasteiger partial charge in [-0.2, -0.15) is 32.4 Å². The molecular weight excluding hydrogens is 684 g/mol. The Labute approximate surface area is 274 Å². The van der Waals surface area contributed by atoms with Crippen LogP contribution in [0.3, 0.4) is 0 Å². The lowest BCUT2D eigenvalue weighted by molar-refractivity contribution is -0.154. The molecule has 260 valence electrons. The molecule has 2 N–H and O–H groups in total. The summed E-state index contributed by atoms with van der Waals surface area (Å²) in [6.45, 7) is -1.59. The van der Waals surface area contributed by atoms with E-state index in [1.54, 1.807) is 19.0 Å². The number of carbonyl (C=O) groups is 1. The lowest BCUT2D eigenvalue weighted by Gasteiger charge is -2.34. The smallest absolute Gasteiger partial charge is 0.422 e. The van der Waals surface area contributed by atoms with Gasteiger partial charge in [-0.25, -0.2) is 25.9 Å². The lowest BCUT2D eigenvalue weighted by Crippen LogP contribution is -2.49. The topological polar surface area (TPSA) is 167 Å². The van der Waals surface area contributed by atoms with Gasteiger partial charge in [0.05, 0.1) is 0 Å². The van der Waals surface area contributed by atoms with Gasteiger partial charge in [-0.3, -0.25) is 4.79 Å². The van der Waals surface area contributed by atoms with Crippen molar-refractivity contribution in [1.82, 2.24) is 28.9 Å². The molecule has 1 aliphatic heterocycles. The normalized spacial score (nSPS) is 16.9. The van der Waals surface area contributed by atoms with Crippen molar-refractivity contribution < 1.29 is 43.9 Å². The summed E-state index contributed by atoms with van der Waals surface area (Å²) in [6.07, 6.45) is -3.83. The third-order valence-electron chi connectivity index (χ3n) is 7.56. The predicted molar refractivity (Wildman–Crippen MR) is 165 cm³/mol. The summed E-state index contributed by atoms with van der Waals surface area (Å²) in [7, 11) is -4.62. The molecule has 14 nitrogen and oxygen atoms in total. The molecule has 0 unspecified atom stereocenters. The van der Waals surface area contributed by atoms with Crippen LogP contribution in [0.4, 0.5) is 35.1 Å². The van der Waals surface area contributed by atoms with Gasteiger partial charge in [-0.05, 0) is 63.3 Å². The average molecular weight is 717 g/mol. The fourth-order valence-corrected chi connectivity index (χ4v) is 8.16. The molecule has 1 saturated heterocycles. The summed E-state index contributed by atoms with van der Waals surface area (Å²) in [5.74, 6) is -2.06. The van der Waals surface area contributed by atoms with Crippen LogP contribution < -0.4 is 19.7 Å². The second-order valence-corrected chi connectivity index (χ2v) is 15.5. The van der Waals surface area contributed by atoms with Crippen molar-refractivity contribution in [3.63, 3.8) is 0 Å². The number of hydrogen-bond acceptors (Lipinski definition) is 12. The maximum atomic E-state index is 14.2. The quantitative estimate of drug-likeness (QED) is 0.263. The molecule has 2 heterocycles. The molecule has 2 aliphatic rings. The van der Waals surface area contributed by atoms with E-state index in [2.05, 4.69) is 25.0 Å². The molecule has 3 aromatic rings. The summed E-state index contributed by atoms with van der Waals surface area (Å²) in [5, 5.41) is 2.80. The van der Waals surface area contributed by atoms with Gasteiger partial charge in [0, 0.05) is 44.0 Å². The Hall–Kier alpha value is -4.14. The first-order valence-electron chi connectivity index (χ1n) is 14.5. The van der Waals surface area contributed by atoms with E-state index < -0.39 is 60.2 Å². The van der Waals surface area contributed by atoms with Crippen LogP contribution in [-0.2, 0) is 20.0 Å². The fourth-order valence-electron chi connectivity index (χ4n) is 5.03. The molecule has 0 radical (unpaired) electrons. The Morgan fingerprint density at radius 3 is 2.19 bits per heavy atom. The summed E-state index contributed by atoms with van der Waals surface area (Å²) in [5.41, 5.74) is 0.332. The van der Waals surface area contributed by atoms with Gasteiger partial charge in [-0.1, -0.05) is 12.1 Å². The van der Waals surface area contributed by atoms with E-state index in [1.165, 1.54) is 41.3 Å². The van der Waals surface area contributed by atoms with Crippen LogP contribution >= 0.6 is 0 Å². The number of anilines is 3. The Morgan fingerprint density at radius 2 is 1.60 bits per heavy atom. The third kappa shape index (κ3) is 8.10. The van der Waals surface area contributed by atoms with Crippen molar-refractivity contribution in [3.05, 3.63) is 59.9 Å². The van der Waals surface area contributed by atoms with Crippen LogP contribution in [0.1, 0.15) is 23.2 Å². The number of alkyl halides is 3. The number of amides is 1. The SMILES string of the molecule is CN(C)CC1(S(=O)(=O)NC(=O)c2ccc(Nc3nc(OCC(F)(F)F)nc(N4CCN(S(=O)(=O)c5ccccc5F)CC4)n3)cc2)CC1. The molecular formula is C28H32F4N8O6S2. The zero-order valence-electron chi connectivity index (χ0n) is 25.7. The molecule has 0 bridgehead atoms. The average Bonchev–Trinajstić information content (AvgIpc) is 3.81. The second-order valence-electron chi connectivity index (χ2n) is 11.5. The standard InChI is InChI=1S/C28H32F4N8O6S2/c1-38(2)17-27(11-12-27)48(44,45)37-23(41)19-7-9-20(10-8-19)33-24-34-25(36-26(35-24)46-18-28(30,31)32)39-13-15-40(16-14-39)47(42,43)22-6-4-3-5-21(22)29/h3-10H,11-18H2,1-2H3,(H,37,41)(H,33,34,35,36). The van der Waals surface area contributed by atoms with Crippen molar-refractivity contribution in [2.45, 2.75) is 28.7 Å². The summed E-state index contributed by atoms with van der Waals surface area (Å²) >= 11 is 0. The van der Waals surface area contributed by atoms with Crippen molar-refractivity contribution >= 4 is 43.5 Å². The van der Waals surface area contributed by atoms with E-state index in [9.17, 15) is 39.2 Å². The number of rotatable bonds is 12. The summed E-state index contributed by atoms with van der Waals surface area (Å²) < 4.78 is 112. The molecule has 1 aromatic heterocycles. The molecule has 5 rings (SSSR count). The van der Waals surface area contributed by atoms with Crippen LogP contribution in [0.2, 0.25) is 0 Å². The molecule has 48 heavy (non-hydrogen) atoms. The molecule has 0 spiro atoms. The molecule has 1 aliphatic carbocycles. The van der Waals surface area contributed by atoms with Crippen LogP contribution in [0, 0.1) is 5.82 Å². The highest BCUT2D eigenvalue weighted by Crippen LogP contribution is 2.43. The molecule has 0 atom stereocenters. The zero-order chi connectivity index (χ0) is 34.9. The van der Waals surface area contributed by atoms with Crippen molar-refractivity contribution in [3.8, 4) is 6.01 Å². The number of carbonyl (C=O) groups excluding carboxylic acids is 1. The zero-order valence-corrected chi connectivity index (χ0v) is 27.4. The Morgan fingerprint density at radius 1 is 0.958 bits per heavy atom. The highest BCUT2D eigenvalue weighted by atomic mass is 32.2. The van der Waals surface area contributed by atoms with Crippen molar-refractivity contribution in [2.24, 2.45) is 0 Å². The van der Waals surface area contributed by atoms with Crippen molar-refractivity contribution in [1.29, 1.82) is 0 Å². The van der Waals surface area contributed by atoms with Gasteiger partial charge in [0.1, 0.15) is 15.5 Å². The number of benzene rings is 2. The number of nitrogens with one attached hydrogen (secondary N) is 2. The Bertz CT molecular complexity index is 1870. The van der Waals surface area contributed by atoms with Gasteiger partial charge < -0.3 is 19.9 Å². The van der Waals surface area contributed by atoms with Gasteiger partial charge in [-0.15, -0.1) is 0 Å². The minimum absolute atomic E-state index is 0.0123. The summed E-state index contributed by atoms with van der Waals surface area (Å²) in [6, 6.07) is 9.82. The molecule has 1 saturated carbocycles. The molecule has 1 amide bonds. The third-order valence-corrected chi connectivity index (χ3v) is 11.6. The highest BCUT2D eigenvalue weighted by Gasteiger charge is 2.55. The lowest BCUT2D eigenvalue weighted by atomic mass is 10.2. The predicted octanol–water partition coefficient (Wildman–Crippen LogP) is 2.36. The number of nitrogens with zero attached hydrogens (tertiary/aromatic N) is 6. The largest absolute Gasteiger partial charge is 0.454 e. The number of piperazine rings is 1. The fraction of sp³-hybridized carbons (Fsp3) is 0.429. The van der Waals surface area contributed by atoms with E-state index in [1.807, 2.05) is 0 Å². The first kappa shape index (κ1) is 35.2. The second kappa shape index (κ2) is 13.4. The molecule has 2 aromatic carbocycles. The van der Waals surface area contributed by atoms with E-state index in [4.69, 9.17) is 4.74 Å². The van der Waals surface area contributed by atoms with Crippen LogP contribution in [-0.4, -0.2) is 111 Å². The molecule has 2 fully saturated rings. The monoisotopic (exact) mass is 716 g/mol. The van der Waals surface area contributed by atoms with Crippen LogP contribution in [0.15, 0.2) is 53.4 Å². The number of sulfonamides is 2. The number of ether oxygens (including phenoxy) is 1. The van der Waals surface area contributed by atoms with Crippen molar-refractivity contribution in [2.75, 3.05) is 63.6 Å². The maximum Gasteiger partial charge on any atom is 0.422 e. The van der Waals surface area contributed by atoms with E-state index in [0.29, 0.717) is 18.5 Å². The first-order chi connectivity index (χ1) is 22.5. The van der Waals surface area contributed by atoms with E-state index in [0.717, 1.165) is 16.4 Å². The Kier molecular flexibility index (Phi) is 9.82. The number of aromatic nitrogens is 3. The highest BCUT2D eigenvalue weighted by molar-refractivity contribution is 7.91. The van der Waals surface area contributed by atoms with E-state index in [-0.39, 0.29) is 50.2 Å². The van der Waals surface area contributed by atoms with Gasteiger partial charge in [0.25, 0.3) is 5.91 Å². The van der Waals surface area contributed by atoms with Crippen LogP contribution in [0.5, 0.6) is 6.01 Å². The summed E-state index contributed by atoms with van der Waals surface area (Å²) in [4.78, 5) is 27.7. The minimum Gasteiger partial charge on any atom is -0.454 e. The van der Waals surface area contributed by atoms with Gasteiger partial charge in [0.2, 0.25) is 31.9 Å². The number of hydrogen-bond donors (Lipinski definition) is 2. The number of halogens is 4. The molecule has 20 heteroatoms. The minimum atomic E-state index is -4.69. The maximum absolute atomic E-state index is 14.2.